The van der Waals surface area contributed by atoms with Gasteiger partial charge in [-0.3, -0.25) is 14.5 Å². The van der Waals surface area contributed by atoms with Gasteiger partial charge < -0.3 is 20.7 Å². The van der Waals surface area contributed by atoms with E-state index in [9.17, 15) is 9.59 Å². The zero-order valence-electron chi connectivity index (χ0n) is 20.7. The van der Waals surface area contributed by atoms with Crippen molar-refractivity contribution in [2.75, 3.05) is 26.7 Å². The number of aromatic nitrogens is 3. The fourth-order valence-corrected chi connectivity index (χ4v) is 5.49. The van der Waals surface area contributed by atoms with Crippen LogP contribution in [0.3, 0.4) is 0 Å². The Bertz CT molecular complexity index is 1380. The van der Waals surface area contributed by atoms with Crippen LogP contribution in [0, 0.1) is 5.41 Å². The van der Waals surface area contributed by atoms with E-state index in [0.717, 1.165) is 23.7 Å². The Morgan fingerprint density at radius 3 is 2.83 bits per heavy atom. The maximum atomic E-state index is 13.2. The van der Waals surface area contributed by atoms with E-state index in [4.69, 9.17) is 4.74 Å². The fraction of sp³-hybridized carbons (Fsp3) is 0.360. The molecular formula is C25H29N7O3S. The SMILES string of the molecule is COc1cccc(-c2cn3ncc(C(=O)NC4=CC(NC(=O)CN5CC(C)(C)C5)=CNC4C)c3s2)n1. The molecule has 1 unspecified atom stereocenters. The van der Waals surface area contributed by atoms with Crippen molar-refractivity contribution < 1.29 is 14.3 Å². The highest BCUT2D eigenvalue weighted by molar-refractivity contribution is 7.21. The average molecular weight is 508 g/mol. The van der Waals surface area contributed by atoms with E-state index in [1.54, 1.807) is 36.2 Å². The van der Waals surface area contributed by atoms with E-state index in [0.29, 0.717) is 34.2 Å². The van der Waals surface area contributed by atoms with Crippen LogP contribution < -0.4 is 20.7 Å². The molecule has 3 aromatic rings. The highest BCUT2D eigenvalue weighted by Gasteiger charge is 2.34. The minimum atomic E-state index is -0.271. The standard InChI is InChI=1S/C25H29N7O3S/c1-15-19(8-16(9-26-15)28-21(33)12-31-13-25(2,3)14-31)30-23(34)17-10-27-32-11-20(36-24(17)32)18-6-5-7-22(29-18)35-4/h5-11,15,26H,12-14H2,1-4H3,(H,28,33)(H,30,34). The third kappa shape index (κ3) is 4.98. The number of methoxy groups -OCH3 is 1. The third-order valence-electron chi connectivity index (χ3n) is 6.10. The van der Waals surface area contributed by atoms with Gasteiger partial charge in [0.2, 0.25) is 11.8 Å². The average Bonchev–Trinajstić information content (AvgIpc) is 3.41. The molecule has 2 amide bonds. The second kappa shape index (κ2) is 9.40. The van der Waals surface area contributed by atoms with Gasteiger partial charge in [-0.15, -0.1) is 11.3 Å². The zero-order chi connectivity index (χ0) is 25.4. The highest BCUT2D eigenvalue weighted by Crippen LogP contribution is 2.30. The van der Waals surface area contributed by atoms with Crippen molar-refractivity contribution in [3.05, 3.63) is 59.8 Å². The van der Waals surface area contributed by atoms with E-state index < -0.39 is 0 Å². The van der Waals surface area contributed by atoms with Crippen molar-refractivity contribution in [2.24, 2.45) is 5.41 Å². The Morgan fingerprint density at radius 1 is 1.28 bits per heavy atom. The molecular weight excluding hydrogens is 478 g/mol. The summed E-state index contributed by atoms with van der Waals surface area (Å²) < 4.78 is 6.89. The summed E-state index contributed by atoms with van der Waals surface area (Å²) in [6.45, 7) is 8.48. The molecule has 10 nitrogen and oxygen atoms in total. The third-order valence-corrected chi connectivity index (χ3v) is 7.24. The molecule has 5 heterocycles. The number of fused-ring (bicyclic) bond motifs is 1. The molecule has 2 aliphatic heterocycles. The summed E-state index contributed by atoms with van der Waals surface area (Å²) in [5.74, 6) is 0.171. The van der Waals surface area contributed by atoms with Gasteiger partial charge >= 0.3 is 0 Å². The predicted octanol–water partition coefficient (Wildman–Crippen LogP) is 2.37. The summed E-state index contributed by atoms with van der Waals surface area (Å²) in [6.07, 6.45) is 6.94. The second-order valence-electron chi connectivity index (χ2n) is 9.87. The number of carbonyl (C=O) groups excluding carboxylic acids is 2. The number of rotatable bonds is 7. The number of amides is 2. The summed E-state index contributed by atoms with van der Waals surface area (Å²) in [6, 6.07) is 5.41. The first kappa shape index (κ1) is 24.0. The lowest BCUT2D eigenvalue weighted by Gasteiger charge is -2.45. The molecule has 3 aromatic heterocycles. The van der Waals surface area contributed by atoms with Gasteiger partial charge in [-0.25, -0.2) is 9.50 Å². The van der Waals surface area contributed by atoms with Crippen molar-refractivity contribution in [1.29, 1.82) is 0 Å². The van der Waals surface area contributed by atoms with Crippen LogP contribution in [-0.2, 0) is 4.79 Å². The fourth-order valence-electron chi connectivity index (χ4n) is 4.46. The lowest BCUT2D eigenvalue weighted by atomic mass is 9.84. The molecule has 3 N–H and O–H groups in total. The quantitative estimate of drug-likeness (QED) is 0.450. The number of likely N-dealkylation sites (tertiary alicyclic amines) is 1. The summed E-state index contributed by atoms with van der Waals surface area (Å²) in [4.78, 5) is 33.8. The lowest BCUT2D eigenvalue weighted by molar-refractivity contribution is -0.124. The van der Waals surface area contributed by atoms with Crippen molar-refractivity contribution in [1.82, 2.24) is 35.4 Å². The van der Waals surface area contributed by atoms with E-state index >= 15 is 0 Å². The minimum Gasteiger partial charge on any atom is -0.481 e. The second-order valence-corrected chi connectivity index (χ2v) is 10.9. The molecule has 5 rings (SSSR count). The Balaban J connectivity index is 1.27. The zero-order valence-corrected chi connectivity index (χ0v) is 21.5. The van der Waals surface area contributed by atoms with Crippen LogP contribution in [0.2, 0.25) is 0 Å². The number of nitrogens with one attached hydrogen (secondary N) is 3. The number of nitrogens with zero attached hydrogens (tertiary/aromatic N) is 4. The molecule has 0 bridgehead atoms. The van der Waals surface area contributed by atoms with E-state index in [1.807, 2.05) is 25.3 Å². The smallest absolute Gasteiger partial charge is 0.260 e. The molecule has 0 saturated carbocycles. The van der Waals surface area contributed by atoms with E-state index in [1.165, 1.54) is 11.3 Å². The van der Waals surface area contributed by atoms with Crippen molar-refractivity contribution in [3.63, 3.8) is 0 Å². The van der Waals surface area contributed by atoms with Crippen LogP contribution in [-0.4, -0.2) is 64.1 Å². The molecule has 0 aliphatic carbocycles. The molecule has 1 fully saturated rings. The van der Waals surface area contributed by atoms with Crippen molar-refractivity contribution in [3.8, 4) is 16.5 Å². The Hall–Kier alpha value is -3.70. The minimum absolute atomic E-state index is 0.0781. The van der Waals surface area contributed by atoms with Gasteiger partial charge in [0.1, 0.15) is 4.83 Å². The number of ether oxygens (including phenoxy) is 1. The van der Waals surface area contributed by atoms with Gasteiger partial charge in [0.15, 0.2) is 0 Å². The largest absolute Gasteiger partial charge is 0.481 e. The molecule has 1 atom stereocenters. The van der Waals surface area contributed by atoms with Crippen LogP contribution in [0.4, 0.5) is 0 Å². The maximum absolute atomic E-state index is 13.2. The van der Waals surface area contributed by atoms with Crippen LogP contribution in [0.25, 0.3) is 15.4 Å². The lowest BCUT2D eigenvalue weighted by Crippen LogP contribution is -2.55. The molecule has 11 heteroatoms. The Morgan fingerprint density at radius 2 is 2.08 bits per heavy atom. The van der Waals surface area contributed by atoms with Crippen LogP contribution >= 0.6 is 11.3 Å². The molecule has 0 aromatic carbocycles. The van der Waals surface area contributed by atoms with Gasteiger partial charge in [0.05, 0.1) is 47.7 Å². The van der Waals surface area contributed by atoms with Crippen LogP contribution in [0.15, 0.2) is 54.3 Å². The number of hydrogen-bond acceptors (Lipinski definition) is 8. The summed E-state index contributed by atoms with van der Waals surface area (Å²) in [5, 5.41) is 13.4. The first-order valence-electron chi connectivity index (χ1n) is 11.7. The molecule has 1 saturated heterocycles. The summed E-state index contributed by atoms with van der Waals surface area (Å²) >= 11 is 1.43. The topological polar surface area (TPSA) is 113 Å². The predicted molar refractivity (Wildman–Crippen MR) is 137 cm³/mol. The number of hydrogen-bond donors (Lipinski definition) is 3. The number of allylic oxidation sites excluding steroid dienone is 1. The molecule has 0 radical (unpaired) electrons. The van der Waals surface area contributed by atoms with E-state index in [-0.39, 0.29) is 23.3 Å². The van der Waals surface area contributed by atoms with Gasteiger partial charge in [-0.2, -0.15) is 5.10 Å². The molecule has 188 valence electrons. The molecule has 2 aliphatic rings. The number of carbonyl (C=O) groups is 2. The van der Waals surface area contributed by atoms with Crippen LogP contribution in [0.5, 0.6) is 5.88 Å². The first-order chi connectivity index (χ1) is 17.2. The van der Waals surface area contributed by atoms with Gasteiger partial charge in [0, 0.05) is 37.2 Å². The summed E-state index contributed by atoms with van der Waals surface area (Å²) in [7, 11) is 1.57. The number of dihydropyridines is 1. The first-order valence-corrected chi connectivity index (χ1v) is 12.5. The highest BCUT2D eigenvalue weighted by atomic mass is 32.1. The van der Waals surface area contributed by atoms with Gasteiger partial charge in [-0.1, -0.05) is 19.9 Å². The summed E-state index contributed by atoms with van der Waals surface area (Å²) in [5.41, 5.74) is 2.75. The monoisotopic (exact) mass is 507 g/mol. The van der Waals surface area contributed by atoms with Gasteiger partial charge in [-0.05, 0) is 24.5 Å². The maximum Gasteiger partial charge on any atom is 0.260 e. The molecule has 36 heavy (non-hydrogen) atoms. The molecule has 0 spiro atoms. The van der Waals surface area contributed by atoms with Crippen LogP contribution in [0.1, 0.15) is 31.1 Å². The normalized spacial score (nSPS) is 19.1. The Kier molecular flexibility index (Phi) is 6.27. The Labute approximate surface area is 213 Å². The van der Waals surface area contributed by atoms with E-state index in [2.05, 4.69) is 44.8 Å². The van der Waals surface area contributed by atoms with Crippen molar-refractivity contribution in [2.45, 2.75) is 26.8 Å². The van der Waals surface area contributed by atoms with Crippen molar-refractivity contribution >= 4 is 28.0 Å². The number of thiazole rings is 1. The van der Waals surface area contributed by atoms with Gasteiger partial charge in [0.25, 0.3) is 5.91 Å². The number of pyridine rings is 1.